The number of carbonyl (C=O) groups excluding carboxylic acids is 1. The molecular formula is C9H15O2-. The van der Waals surface area contributed by atoms with E-state index in [1.807, 2.05) is 6.92 Å². The van der Waals surface area contributed by atoms with Crippen molar-refractivity contribution in [2.45, 2.75) is 45.4 Å². The lowest BCUT2D eigenvalue weighted by Gasteiger charge is -2.37. The summed E-state index contributed by atoms with van der Waals surface area (Å²) in [7, 11) is 0. The molecule has 0 radical (unpaired) electrons. The number of rotatable bonds is 2. The molecule has 0 atom stereocenters. The van der Waals surface area contributed by atoms with Crippen LogP contribution in [0.15, 0.2) is 0 Å². The Balaban J connectivity index is 2.64. The summed E-state index contributed by atoms with van der Waals surface area (Å²) in [5, 5.41) is 10.8. The number of aliphatic carboxylic acids is 1. The molecule has 2 heteroatoms. The lowest BCUT2D eigenvalue weighted by molar-refractivity contribution is -0.321. The molecule has 0 aromatic rings. The standard InChI is InChI=1S/C9H16O2/c1-2-9(8(10)11)6-4-3-5-7-9/h2-7H2,1H3,(H,10,11)/p-1. The van der Waals surface area contributed by atoms with Gasteiger partial charge in [-0.25, -0.2) is 0 Å². The average molecular weight is 155 g/mol. The summed E-state index contributed by atoms with van der Waals surface area (Å²) in [5.41, 5.74) is -0.474. The predicted molar refractivity (Wildman–Crippen MR) is 40.8 cm³/mol. The molecule has 0 aromatic carbocycles. The molecule has 1 saturated carbocycles. The molecule has 0 spiro atoms. The van der Waals surface area contributed by atoms with Crippen molar-refractivity contribution in [3.05, 3.63) is 0 Å². The van der Waals surface area contributed by atoms with E-state index in [1.54, 1.807) is 0 Å². The van der Waals surface area contributed by atoms with Gasteiger partial charge < -0.3 is 9.90 Å². The summed E-state index contributed by atoms with van der Waals surface area (Å²) in [6.07, 6.45) is 5.69. The van der Waals surface area contributed by atoms with Gasteiger partial charge in [-0.05, 0) is 19.3 Å². The fourth-order valence-electron chi connectivity index (χ4n) is 1.93. The van der Waals surface area contributed by atoms with E-state index in [9.17, 15) is 9.90 Å². The zero-order chi connectivity index (χ0) is 8.32. The topological polar surface area (TPSA) is 40.1 Å². The van der Waals surface area contributed by atoms with Gasteiger partial charge in [0.25, 0.3) is 0 Å². The Morgan fingerprint density at radius 3 is 2.18 bits per heavy atom. The highest BCUT2D eigenvalue weighted by molar-refractivity contribution is 5.72. The Morgan fingerprint density at radius 2 is 1.91 bits per heavy atom. The van der Waals surface area contributed by atoms with Crippen LogP contribution in [-0.2, 0) is 4.79 Å². The lowest BCUT2D eigenvalue weighted by atomic mass is 9.72. The Hall–Kier alpha value is -0.530. The van der Waals surface area contributed by atoms with Gasteiger partial charge in [0.15, 0.2) is 0 Å². The first-order chi connectivity index (χ1) is 5.21. The summed E-state index contributed by atoms with van der Waals surface area (Å²) in [6, 6.07) is 0. The van der Waals surface area contributed by atoms with Gasteiger partial charge in [0.1, 0.15) is 0 Å². The van der Waals surface area contributed by atoms with Crippen LogP contribution in [0.4, 0.5) is 0 Å². The molecule has 1 aliphatic rings. The Bertz CT molecular complexity index is 146. The summed E-state index contributed by atoms with van der Waals surface area (Å²) in [6.45, 7) is 1.95. The summed E-state index contributed by atoms with van der Waals surface area (Å²) in [5.74, 6) is -0.834. The molecule has 0 bridgehead atoms. The number of carboxylic acids is 1. The molecular weight excluding hydrogens is 140 g/mol. The second-order valence-electron chi connectivity index (χ2n) is 3.48. The number of carbonyl (C=O) groups is 1. The van der Waals surface area contributed by atoms with Gasteiger partial charge in [-0.3, -0.25) is 0 Å². The minimum absolute atomic E-state index is 0.474. The first kappa shape index (κ1) is 8.57. The molecule has 1 rings (SSSR count). The van der Waals surface area contributed by atoms with Gasteiger partial charge in [0.2, 0.25) is 0 Å². The zero-order valence-corrected chi connectivity index (χ0v) is 7.06. The third-order valence-electron chi connectivity index (χ3n) is 2.92. The molecule has 0 saturated heterocycles. The summed E-state index contributed by atoms with van der Waals surface area (Å²) in [4.78, 5) is 10.8. The van der Waals surface area contributed by atoms with Crippen LogP contribution in [0.3, 0.4) is 0 Å². The fourth-order valence-corrected chi connectivity index (χ4v) is 1.93. The Morgan fingerprint density at radius 1 is 1.36 bits per heavy atom. The lowest BCUT2D eigenvalue weighted by Crippen LogP contribution is -2.43. The molecule has 2 nitrogen and oxygen atoms in total. The normalized spacial score (nSPS) is 23.0. The van der Waals surface area contributed by atoms with E-state index in [0.29, 0.717) is 0 Å². The van der Waals surface area contributed by atoms with Crippen LogP contribution in [0.1, 0.15) is 45.4 Å². The van der Waals surface area contributed by atoms with Crippen LogP contribution < -0.4 is 5.11 Å². The maximum atomic E-state index is 10.8. The van der Waals surface area contributed by atoms with Crippen molar-refractivity contribution in [2.24, 2.45) is 5.41 Å². The maximum Gasteiger partial charge on any atom is 0.0476 e. The van der Waals surface area contributed by atoms with E-state index in [0.717, 1.165) is 32.1 Å². The van der Waals surface area contributed by atoms with Crippen molar-refractivity contribution in [2.75, 3.05) is 0 Å². The number of hydrogen-bond donors (Lipinski definition) is 0. The number of hydrogen-bond acceptors (Lipinski definition) is 2. The fraction of sp³-hybridized carbons (Fsp3) is 0.889. The predicted octanol–water partition coefficient (Wildman–Crippen LogP) is 1.10. The minimum atomic E-state index is -0.834. The van der Waals surface area contributed by atoms with Crippen LogP contribution in [0, 0.1) is 5.41 Å². The van der Waals surface area contributed by atoms with Crippen molar-refractivity contribution in [1.29, 1.82) is 0 Å². The van der Waals surface area contributed by atoms with Crippen LogP contribution in [-0.4, -0.2) is 5.97 Å². The van der Waals surface area contributed by atoms with E-state index >= 15 is 0 Å². The van der Waals surface area contributed by atoms with E-state index in [2.05, 4.69) is 0 Å². The van der Waals surface area contributed by atoms with Crippen molar-refractivity contribution >= 4 is 5.97 Å². The quantitative estimate of drug-likeness (QED) is 0.599. The molecule has 0 aromatic heterocycles. The van der Waals surface area contributed by atoms with Gasteiger partial charge >= 0.3 is 0 Å². The molecule has 0 heterocycles. The molecule has 1 fully saturated rings. The smallest absolute Gasteiger partial charge is 0.0476 e. The average Bonchev–Trinajstić information content (AvgIpc) is 2.05. The summed E-state index contributed by atoms with van der Waals surface area (Å²) >= 11 is 0. The minimum Gasteiger partial charge on any atom is -0.550 e. The second-order valence-corrected chi connectivity index (χ2v) is 3.48. The maximum absolute atomic E-state index is 10.8. The first-order valence-corrected chi connectivity index (χ1v) is 4.43. The van der Waals surface area contributed by atoms with Gasteiger partial charge in [-0.2, -0.15) is 0 Å². The van der Waals surface area contributed by atoms with E-state index in [1.165, 1.54) is 6.42 Å². The highest BCUT2D eigenvalue weighted by Crippen LogP contribution is 2.38. The summed E-state index contributed by atoms with van der Waals surface area (Å²) < 4.78 is 0. The molecule has 64 valence electrons. The molecule has 0 amide bonds. The van der Waals surface area contributed by atoms with Gasteiger partial charge in [-0.15, -0.1) is 0 Å². The van der Waals surface area contributed by atoms with Gasteiger partial charge in [-0.1, -0.05) is 26.2 Å². The van der Waals surface area contributed by atoms with Gasteiger partial charge in [0.05, 0.1) is 0 Å². The SMILES string of the molecule is CCC1(C(=O)[O-])CCCCC1. The van der Waals surface area contributed by atoms with Crippen molar-refractivity contribution in [1.82, 2.24) is 0 Å². The molecule has 1 aliphatic carbocycles. The Labute approximate surface area is 67.6 Å². The Kier molecular flexibility index (Phi) is 2.53. The highest BCUT2D eigenvalue weighted by Gasteiger charge is 2.31. The van der Waals surface area contributed by atoms with Crippen molar-refractivity contribution in [3.8, 4) is 0 Å². The monoisotopic (exact) mass is 155 g/mol. The zero-order valence-electron chi connectivity index (χ0n) is 7.06. The van der Waals surface area contributed by atoms with Crippen LogP contribution in [0.5, 0.6) is 0 Å². The second kappa shape index (κ2) is 3.24. The van der Waals surface area contributed by atoms with E-state index in [-0.39, 0.29) is 0 Å². The van der Waals surface area contributed by atoms with Crippen LogP contribution in [0.25, 0.3) is 0 Å². The third kappa shape index (κ3) is 1.55. The van der Waals surface area contributed by atoms with Crippen LogP contribution >= 0.6 is 0 Å². The van der Waals surface area contributed by atoms with E-state index < -0.39 is 11.4 Å². The first-order valence-electron chi connectivity index (χ1n) is 4.43. The molecule has 0 N–H and O–H groups in total. The number of carboxylic acid groups (broad SMARTS) is 1. The third-order valence-corrected chi connectivity index (χ3v) is 2.92. The van der Waals surface area contributed by atoms with Gasteiger partial charge in [0, 0.05) is 11.4 Å². The molecule has 0 unspecified atom stereocenters. The van der Waals surface area contributed by atoms with Crippen LogP contribution in [0.2, 0.25) is 0 Å². The molecule has 0 aliphatic heterocycles. The van der Waals surface area contributed by atoms with E-state index in [4.69, 9.17) is 0 Å². The van der Waals surface area contributed by atoms with Crippen molar-refractivity contribution < 1.29 is 9.90 Å². The highest BCUT2D eigenvalue weighted by atomic mass is 16.4. The largest absolute Gasteiger partial charge is 0.550 e. The molecule has 11 heavy (non-hydrogen) atoms. The van der Waals surface area contributed by atoms with Crippen molar-refractivity contribution in [3.63, 3.8) is 0 Å².